The van der Waals surface area contributed by atoms with Crippen molar-refractivity contribution in [1.29, 1.82) is 0 Å². The van der Waals surface area contributed by atoms with E-state index in [2.05, 4.69) is 13.8 Å². The predicted octanol–water partition coefficient (Wildman–Crippen LogP) is 3.96. The third-order valence-corrected chi connectivity index (χ3v) is 4.50. The molecule has 2 rings (SSSR count). The van der Waals surface area contributed by atoms with E-state index >= 15 is 0 Å². The van der Waals surface area contributed by atoms with Gasteiger partial charge in [0, 0.05) is 23.8 Å². The van der Waals surface area contributed by atoms with Crippen LogP contribution in [0, 0.1) is 5.92 Å². The highest BCUT2D eigenvalue weighted by Crippen LogP contribution is 2.36. The molecule has 1 aromatic carbocycles. The highest BCUT2D eigenvalue weighted by Gasteiger charge is 2.35. The molecule has 2 nitrogen and oxygen atoms in total. The second-order valence-corrected chi connectivity index (χ2v) is 6.09. The number of nitrogens with two attached hydrogens (primary N) is 1. The first kappa shape index (κ1) is 16.1. The molecule has 0 radical (unpaired) electrons. The largest absolute Gasteiger partial charge is 0.417 e. The molecular weight excluding hydrogens is 297 g/mol. The number of alkyl halides is 3. The van der Waals surface area contributed by atoms with E-state index in [9.17, 15) is 13.2 Å². The smallest absolute Gasteiger partial charge is 0.389 e. The monoisotopic (exact) mass is 316 g/mol. The van der Waals surface area contributed by atoms with Crippen LogP contribution in [0.3, 0.4) is 0 Å². The fourth-order valence-corrected chi connectivity index (χ4v) is 3.04. The molecule has 1 heterocycles. The topological polar surface area (TPSA) is 29.3 Å². The maximum atomic E-state index is 13.2. The average molecular weight is 316 g/mol. The fraction of sp³-hybridized carbons (Fsp3) is 0.533. The van der Waals surface area contributed by atoms with Crippen molar-refractivity contribution < 1.29 is 13.2 Å². The molecule has 1 fully saturated rings. The van der Waals surface area contributed by atoms with Crippen LogP contribution in [0.5, 0.6) is 0 Å². The standard InChI is InChI=1S/C15H19F3N2S/c1-9-4-3-7-20(10(9)2)11-5-6-12(14(19)21)13(8-11)15(16,17)18/h5-6,8-10H,3-4,7H2,1-2H3,(H2,19,21). The Hall–Kier alpha value is -1.30. The van der Waals surface area contributed by atoms with Crippen molar-refractivity contribution in [1.82, 2.24) is 0 Å². The van der Waals surface area contributed by atoms with Gasteiger partial charge < -0.3 is 10.6 Å². The zero-order valence-corrected chi connectivity index (χ0v) is 12.9. The van der Waals surface area contributed by atoms with Gasteiger partial charge in [0.1, 0.15) is 4.99 Å². The Morgan fingerprint density at radius 2 is 2.00 bits per heavy atom. The molecule has 0 aliphatic carbocycles. The van der Waals surface area contributed by atoms with Crippen LogP contribution in [0.1, 0.15) is 37.8 Å². The first-order valence-corrected chi connectivity index (χ1v) is 7.40. The van der Waals surface area contributed by atoms with Crippen molar-refractivity contribution in [3.05, 3.63) is 29.3 Å². The number of piperidine rings is 1. The van der Waals surface area contributed by atoms with Gasteiger partial charge in [0.25, 0.3) is 0 Å². The van der Waals surface area contributed by atoms with Crippen LogP contribution in [-0.2, 0) is 6.18 Å². The van der Waals surface area contributed by atoms with Gasteiger partial charge in [0.15, 0.2) is 0 Å². The molecular formula is C15H19F3N2S. The van der Waals surface area contributed by atoms with Crippen molar-refractivity contribution in [2.75, 3.05) is 11.4 Å². The molecule has 1 aliphatic rings. The SMILES string of the molecule is CC1CCCN(c2ccc(C(N)=S)c(C(F)(F)F)c2)C1C. The van der Waals surface area contributed by atoms with Crippen LogP contribution in [-0.4, -0.2) is 17.6 Å². The summed E-state index contributed by atoms with van der Waals surface area (Å²) in [6, 6.07) is 4.45. The lowest BCUT2D eigenvalue weighted by atomic mass is 9.91. The third kappa shape index (κ3) is 3.31. The minimum atomic E-state index is -4.46. The molecule has 0 amide bonds. The lowest BCUT2D eigenvalue weighted by molar-refractivity contribution is -0.137. The Morgan fingerprint density at radius 3 is 2.57 bits per heavy atom. The van der Waals surface area contributed by atoms with E-state index in [1.807, 2.05) is 4.90 Å². The summed E-state index contributed by atoms with van der Waals surface area (Å²) in [5.74, 6) is 0.461. The summed E-state index contributed by atoms with van der Waals surface area (Å²) >= 11 is 4.72. The third-order valence-electron chi connectivity index (χ3n) is 4.28. The second kappa shape index (κ2) is 5.83. The first-order valence-electron chi connectivity index (χ1n) is 6.99. The van der Waals surface area contributed by atoms with Crippen molar-refractivity contribution in [2.45, 2.75) is 38.9 Å². The van der Waals surface area contributed by atoms with E-state index in [4.69, 9.17) is 18.0 Å². The number of rotatable bonds is 2. The van der Waals surface area contributed by atoms with E-state index in [1.165, 1.54) is 12.1 Å². The number of hydrogen-bond acceptors (Lipinski definition) is 2. The molecule has 1 saturated heterocycles. The molecule has 2 N–H and O–H groups in total. The van der Waals surface area contributed by atoms with Gasteiger partial charge in [-0.15, -0.1) is 0 Å². The molecule has 2 atom stereocenters. The number of thiocarbonyl (C=S) groups is 1. The van der Waals surface area contributed by atoms with E-state index in [1.54, 1.807) is 6.07 Å². The lowest BCUT2D eigenvalue weighted by Gasteiger charge is -2.40. The van der Waals surface area contributed by atoms with Crippen molar-refractivity contribution in [3.8, 4) is 0 Å². The van der Waals surface area contributed by atoms with Gasteiger partial charge in [-0.3, -0.25) is 0 Å². The Kier molecular flexibility index (Phi) is 4.46. The van der Waals surface area contributed by atoms with Gasteiger partial charge in [0.05, 0.1) is 5.56 Å². The zero-order valence-electron chi connectivity index (χ0n) is 12.1. The predicted molar refractivity (Wildman–Crippen MR) is 82.5 cm³/mol. The summed E-state index contributed by atoms with van der Waals surface area (Å²) in [7, 11) is 0. The molecule has 116 valence electrons. The number of nitrogens with zero attached hydrogens (tertiary/aromatic N) is 1. The maximum absolute atomic E-state index is 13.2. The first-order chi connectivity index (χ1) is 9.71. The van der Waals surface area contributed by atoms with Gasteiger partial charge in [0.2, 0.25) is 0 Å². The van der Waals surface area contributed by atoms with E-state index in [0.29, 0.717) is 11.6 Å². The highest BCUT2D eigenvalue weighted by molar-refractivity contribution is 7.80. The number of benzene rings is 1. The van der Waals surface area contributed by atoms with Crippen molar-refractivity contribution in [3.63, 3.8) is 0 Å². The minimum Gasteiger partial charge on any atom is -0.389 e. The molecule has 2 unspecified atom stereocenters. The van der Waals surface area contributed by atoms with Gasteiger partial charge in [-0.2, -0.15) is 13.2 Å². The van der Waals surface area contributed by atoms with Gasteiger partial charge in [-0.05, 0) is 43.9 Å². The number of hydrogen-bond donors (Lipinski definition) is 1. The Balaban J connectivity index is 2.44. The summed E-state index contributed by atoms with van der Waals surface area (Å²) in [5.41, 5.74) is 5.13. The zero-order chi connectivity index (χ0) is 15.8. The Labute approximate surface area is 128 Å². The molecule has 0 spiro atoms. The minimum absolute atomic E-state index is 0.112. The number of halogens is 3. The van der Waals surface area contributed by atoms with Gasteiger partial charge in [-0.1, -0.05) is 19.1 Å². The second-order valence-electron chi connectivity index (χ2n) is 5.65. The summed E-state index contributed by atoms with van der Waals surface area (Å²) in [5, 5.41) is 0. The molecule has 21 heavy (non-hydrogen) atoms. The summed E-state index contributed by atoms with van der Waals surface area (Å²) in [6.07, 6.45) is -2.36. The summed E-state index contributed by atoms with van der Waals surface area (Å²) < 4.78 is 39.6. The van der Waals surface area contributed by atoms with Crippen molar-refractivity contribution >= 4 is 22.9 Å². The summed E-state index contributed by atoms with van der Waals surface area (Å²) in [6.45, 7) is 4.96. The van der Waals surface area contributed by atoms with Crippen LogP contribution >= 0.6 is 12.2 Å². The molecule has 0 saturated carbocycles. The van der Waals surface area contributed by atoms with Crippen LogP contribution in [0.4, 0.5) is 18.9 Å². The highest BCUT2D eigenvalue weighted by atomic mass is 32.1. The maximum Gasteiger partial charge on any atom is 0.417 e. The normalized spacial score (nSPS) is 23.2. The van der Waals surface area contributed by atoms with Crippen LogP contribution in [0.2, 0.25) is 0 Å². The molecule has 6 heteroatoms. The van der Waals surface area contributed by atoms with E-state index in [0.717, 1.165) is 19.4 Å². The fourth-order valence-electron chi connectivity index (χ4n) is 2.86. The van der Waals surface area contributed by atoms with Crippen LogP contribution < -0.4 is 10.6 Å². The Morgan fingerprint density at radius 1 is 1.33 bits per heavy atom. The lowest BCUT2D eigenvalue weighted by Crippen LogP contribution is -2.42. The van der Waals surface area contributed by atoms with Crippen molar-refractivity contribution in [2.24, 2.45) is 11.7 Å². The molecule has 1 aromatic rings. The Bertz CT molecular complexity index is 542. The van der Waals surface area contributed by atoms with Gasteiger partial charge >= 0.3 is 6.18 Å². The quantitative estimate of drug-likeness (QED) is 0.837. The van der Waals surface area contributed by atoms with E-state index < -0.39 is 11.7 Å². The molecule has 0 aromatic heterocycles. The van der Waals surface area contributed by atoms with Gasteiger partial charge in [-0.25, -0.2) is 0 Å². The molecule has 0 bridgehead atoms. The summed E-state index contributed by atoms with van der Waals surface area (Å²) in [4.78, 5) is 1.81. The van der Waals surface area contributed by atoms with Crippen LogP contribution in [0.25, 0.3) is 0 Å². The average Bonchev–Trinajstić information content (AvgIpc) is 2.40. The van der Waals surface area contributed by atoms with E-state index in [-0.39, 0.29) is 16.6 Å². The molecule has 1 aliphatic heterocycles. The van der Waals surface area contributed by atoms with Crippen LogP contribution in [0.15, 0.2) is 18.2 Å². The number of anilines is 1.